The Labute approximate surface area is 121 Å². The molecule has 0 bridgehead atoms. The van der Waals surface area contributed by atoms with Crippen LogP contribution < -0.4 is 5.32 Å². The molecule has 20 heavy (non-hydrogen) atoms. The molecule has 1 saturated heterocycles. The van der Waals surface area contributed by atoms with Gasteiger partial charge in [0.1, 0.15) is 0 Å². The Morgan fingerprint density at radius 3 is 2.85 bits per heavy atom. The SMILES string of the molecule is Clc1nc(NCCN2CCOCC2)c2nccnc2n1. The molecule has 1 fully saturated rings. The normalized spacial score (nSPS) is 16.4. The van der Waals surface area contributed by atoms with Crippen molar-refractivity contribution in [1.82, 2.24) is 24.8 Å². The number of anilines is 1. The van der Waals surface area contributed by atoms with Crippen molar-refractivity contribution in [2.75, 3.05) is 44.7 Å². The van der Waals surface area contributed by atoms with E-state index in [4.69, 9.17) is 16.3 Å². The van der Waals surface area contributed by atoms with E-state index < -0.39 is 0 Å². The molecule has 7 nitrogen and oxygen atoms in total. The van der Waals surface area contributed by atoms with Crippen LogP contribution in [0.5, 0.6) is 0 Å². The lowest BCUT2D eigenvalue weighted by Gasteiger charge is -2.26. The number of hydrogen-bond donors (Lipinski definition) is 1. The predicted octanol–water partition coefficient (Wildman–Crippen LogP) is 0.817. The number of halogens is 1. The molecule has 0 spiro atoms. The fourth-order valence-electron chi connectivity index (χ4n) is 2.12. The summed E-state index contributed by atoms with van der Waals surface area (Å²) in [6.45, 7) is 5.22. The van der Waals surface area contributed by atoms with Gasteiger partial charge in [0.25, 0.3) is 0 Å². The largest absolute Gasteiger partial charge is 0.379 e. The van der Waals surface area contributed by atoms with Crippen molar-refractivity contribution in [1.29, 1.82) is 0 Å². The average Bonchev–Trinajstić information content (AvgIpc) is 2.48. The molecule has 0 aliphatic carbocycles. The molecule has 2 aromatic rings. The number of morpholine rings is 1. The van der Waals surface area contributed by atoms with Gasteiger partial charge in [0.05, 0.1) is 13.2 Å². The average molecular weight is 295 g/mol. The van der Waals surface area contributed by atoms with Crippen molar-refractivity contribution in [2.24, 2.45) is 0 Å². The van der Waals surface area contributed by atoms with Gasteiger partial charge in [-0.2, -0.15) is 9.97 Å². The van der Waals surface area contributed by atoms with Gasteiger partial charge in [-0.05, 0) is 11.6 Å². The number of ether oxygens (including phenoxy) is 1. The first-order valence-electron chi connectivity index (χ1n) is 6.51. The second kappa shape index (κ2) is 6.25. The molecular formula is C12H15ClN6O. The minimum absolute atomic E-state index is 0.173. The van der Waals surface area contributed by atoms with Crippen LogP contribution in [0.3, 0.4) is 0 Å². The van der Waals surface area contributed by atoms with Crippen molar-refractivity contribution in [3.8, 4) is 0 Å². The fraction of sp³-hybridized carbons (Fsp3) is 0.500. The van der Waals surface area contributed by atoms with Gasteiger partial charge in [-0.3, -0.25) is 4.90 Å². The summed E-state index contributed by atoms with van der Waals surface area (Å²) in [6, 6.07) is 0. The third kappa shape index (κ3) is 3.12. The highest BCUT2D eigenvalue weighted by atomic mass is 35.5. The number of hydrogen-bond acceptors (Lipinski definition) is 7. The number of rotatable bonds is 4. The molecule has 106 valence electrons. The lowest BCUT2D eigenvalue weighted by molar-refractivity contribution is 0.0398. The van der Waals surface area contributed by atoms with Crippen LogP contribution in [-0.4, -0.2) is 64.2 Å². The smallest absolute Gasteiger partial charge is 0.226 e. The third-order valence-electron chi connectivity index (χ3n) is 3.13. The molecule has 8 heteroatoms. The Morgan fingerprint density at radius 2 is 2.00 bits per heavy atom. The van der Waals surface area contributed by atoms with Gasteiger partial charge in [0, 0.05) is 38.6 Å². The minimum Gasteiger partial charge on any atom is -0.379 e. The fourth-order valence-corrected chi connectivity index (χ4v) is 2.28. The highest BCUT2D eigenvalue weighted by Crippen LogP contribution is 2.17. The molecule has 3 heterocycles. The molecule has 3 rings (SSSR count). The molecule has 0 atom stereocenters. The first-order valence-corrected chi connectivity index (χ1v) is 6.89. The van der Waals surface area contributed by atoms with Crippen molar-refractivity contribution in [2.45, 2.75) is 0 Å². The molecular weight excluding hydrogens is 280 g/mol. The van der Waals surface area contributed by atoms with E-state index in [1.54, 1.807) is 12.4 Å². The quantitative estimate of drug-likeness (QED) is 0.837. The predicted molar refractivity (Wildman–Crippen MR) is 75.9 cm³/mol. The zero-order valence-electron chi connectivity index (χ0n) is 10.9. The number of fused-ring (bicyclic) bond motifs is 1. The van der Waals surface area contributed by atoms with Gasteiger partial charge in [0.2, 0.25) is 5.28 Å². The van der Waals surface area contributed by atoms with Gasteiger partial charge < -0.3 is 10.1 Å². The zero-order valence-corrected chi connectivity index (χ0v) is 11.7. The summed E-state index contributed by atoms with van der Waals surface area (Å²) in [5, 5.41) is 3.43. The lowest BCUT2D eigenvalue weighted by atomic mass is 10.4. The maximum absolute atomic E-state index is 5.89. The van der Waals surface area contributed by atoms with Crippen LogP contribution in [0.4, 0.5) is 5.82 Å². The zero-order chi connectivity index (χ0) is 13.8. The van der Waals surface area contributed by atoms with E-state index >= 15 is 0 Å². The number of aromatic nitrogens is 4. The molecule has 0 aromatic carbocycles. The second-order valence-corrected chi connectivity index (χ2v) is 4.79. The Kier molecular flexibility index (Phi) is 4.19. The highest BCUT2D eigenvalue weighted by Gasteiger charge is 2.11. The monoisotopic (exact) mass is 294 g/mol. The van der Waals surface area contributed by atoms with Crippen molar-refractivity contribution in [3.63, 3.8) is 0 Å². The first kappa shape index (κ1) is 13.4. The molecule has 1 aliphatic rings. The summed E-state index contributed by atoms with van der Waals surface area (Å²) in [5.74, 6) is 0.626. The molecule has 0 unspecified atom stereocenters. The van der Waals surface area contributed by atoms with Crippen LogP contribution in [-0.2, 0) is 4.74 Å². The summed E-state index contributed by atoms with van der Waals surface area (Å²) >= 11 is 5.89. The maximum Gasteiger partial charge on any atom is 0.226 e. The van der Waals surface area contributed by atoms with Gasteiger partial charge >= 0.3 is 0 Å². The Balaban J connectivity index is 1.67. The van der Waals surface area contributed by atoms with E-state index in [1.807, 2.05) is 0 Å². The molecule has 1 aliphatic heterocycles. The van der Waals surface area contributed by atoms with Crippen molar-refractivity contribution < 1.29 is 4.74 Å². The summed E-state index contributed by atoms with van der Waals surface area (Å²) in [5.41, 5.74) is 1.14. The van der Waals surface area contributed by atoms with E-state index in [0.29, 0.717) is 17.0 Å². The van der Waals surface area contributed by atoms with Crippen LogP contribution in [0.25, 0.3) is 11.2 Å². The van der Waals surface area contributed by atoms with Crippen molar-refractivity contribution >= 4 is 28.6 Å². The van der Waals surface area contributed by atoms with Crippen LogP contribution in [0.15, 0.2) is 12.4 Å². The molecule has 2 aromatic heterocycles. The standard InChI is InChI=1S/C12H15ClN6O/c13-12-17-10-9(14-1-2-15-10)11(18-12)16-3-4-19-5-7-20-8-6-19/h1-2H,3-8H2,(H,15,16,17,18). The van der Waals surface area contributed by atoms with Gasteiger partial charge in [0.15, 0.2) is 17.0 Å². The van der Waals surface area contributed by atoms with Crippen molar-refractivity contribution in [3.05, 3.63) is 17.7 Å². The maximum atomic E-state index is 5.89. The van der Waals surface area contributed by atoms with Crippen LogP contribution >= 0.6 is 11.6 Å². The van der Waals surface area contributed by atoms with Crippen LogP contribution in [0.1, 0.15) is 0 Å². The lowest BCUT2D eigenvalue weighted by Crippen LogP contribution is -2.39. The third-order valence-corrected chi connectivity index (χ3v) is 3.30. The van der Waals surface area contributed by atoms with E-state index in [1.165, 1.54) is 0 Å². The van der Waals surface area contributed by atoms with E-state index in [2.05, 4.69) is 30.2 Å². The molecule has 0 saturated carbocycles. The summed E-state index contributed by atoms with van der Waals surface area (Å²) < 4.78 is 5.32. The summed E-state index contributed by atoms with van der Waals surface area (Å²) in [7, 11) is 0. The number of nitrogens with one attached hydrogen (secondary N) is 1. The molecule has 0 radical (unpaired) electrons. The Hall–Kier alpha value is -1.57. The number of nitrogens with zero attached hydrogens (tertiary/aromatic N) is 5. The van der Waals surface area contributed by atoms with Crippen LogP contribution in [0.2, 0.25) is 5.28 Å². The first-order chi connectivity index (χ1) is 9.83. The minimum atomic E-state index is 0.173. The van der Waals surface area contributed by atoms with Gasteiger partial charge in [-0.15, -0.1) is 0 Å². The van der Waals surface area contributed by atoms with E-state index in [9.17, 15) is 0 Å². The van der Waals surface area contributed by atoms with E-state index in [0.717, 1.165) is 39.4 Å². The highest BCUT2D eigenvalue weighted by molar-refractivity contribution is 6.28. The van der Waals surface area contributed by atoms with Crippen LogP contribution in [0, 0.1) is 0 Å². The molecule has 0 amide bonds. The summed E-state index contributed by atoms with van der Waals surface area (Å²) in [4.78, 5) is 19.0. The Morgan fingerprint density at radius 1 is 1.20 bits per heavy atom. The Bertz CT molecular complexity index is 589. The van der Waals surface area contributed by atoms with Gasteiger partial charge in [-0.1, -0.05) is 0 Å². The summed E-state index contributed by atoms with van der Waals surface area (Å²) in [6.07, 6.45) is 3.20. The van der Waals surface area contributed by atoms with E-state index in [-0.39, 0.29) is 5.28 Å². The molecule has 1 N–H and O–H groups in total. The van der Waals surface area contributed by atoms with Gasteiger partial charge in [-0.25, -0.2) is 9.97 Å². The topological polar surface area (TPSA) is 76.1 Å². The second-order valence-electron chi connectivity index (χ2n) is 4.45.